The summed E-state index contributed by atoms with van der Waals surface area (Å²) in [5, 5.41) is 0.674. The number of hydrogen-bond acceptors (Lipinski definition) is 1. The molecule has 0 amide bonds. The Morgan fingerprint density at radius 3 is 2.47 bits per heavy atom. The molecule has 0 saturated heterocycles. The van der Waals surface area contributed by atoms with Crippen molar-refractivity contribution in [1.29, 1.82) is 0 Å². The minimum Gasteiger partial charge on any atom is -0.494 e. The van der Waals surface area contributed by atoms with Crippen molar-refractivity contribution in [1.82, 2.24) is 0 Å². The van der Waals surface area contributed by atoms with E-state index in [2.05, 4.69) is 15.9 Å². The van der Waals surface area contributed by atoms with Crippen LogP contribution in [0.5, 0.6) is 5.75 Å². The number of benzene rings is 2. The van der Waals surface area contributed by atoms with E-state index in [1.807, 2.05) is 31.2 Å². The molecule has 1 unspecified atom stereocenters. The minimum absolute atomic E-state index is 0.106. The Labute approximate surface area is 125 Å². The molecule has 0 bridgehead atoms. The quantitative estimate of drug-likeness (QED) is 0.689. The monoisotopic (exact) mass is 342 g/mol. The maximum Gasteiger partial charge on any atom is 0.165 e. The lowest BCUT2D eigenvalue weighted by Crippen LogP contribution is -1.96. The van der Waals surface area contributed by atoms with Crippen LogP contribution >= 0.6 is 27.5 Å². The summed E-state index contributed by atoms with van der Waals surface area (Å²) < 4.78 is 18.6. The van der Waals surface area contributed by atoms with Gasteiger partial charge in [0.2, 0.25) is 0 Å². The highest BCUT2D eigenvalue weighted by Gasteiger charge is 2.14. The number of alkyl halides is 1. The molecule has 2 rings (SSSR count). The molecule has 4 heteroatoms. The van der Waals surface area contributed by atoms with Crippen molar-refractivity contribution in [2.75, 3.05) is 7.11 Å². The van der Waals surface area contributed by atoms with E-state index in [4.69, 9.17) is 16.3 Å². The van der Waals surface area contributed by atoms with Crippen LogP contribution in [0.1, 0.15) is 21.5 Å². The van der Waals surface area contributed by atoms with Crippen LogP contribution in [0.4, 0.5) is 4.39 Å². The molecule has 0 aliphatic rings. The first-order valence-corrected chi connectivity index (χ1v) is 7.05. The van der Waals surface area contributed by atoms with Crippen molar-refractivity contribution in [3.05, 3.63) is 63.9 Å². The summed E-state index contributed by atoms with van der Waals surface area (Å²) in [6.45, 7) is 1.98. The van der Waals surface area contributed by atoms with E-state index in [9.17, 15) is 4.39 Å². The van der Waals surface area contributed by atoms with Crippen LogP contribution in [-0.2, 0) is 0 Å². The molecular formula is C15H13BrClFO. The van der Waals surface area contributed by atoms with Crippen molar-refractivity contribution in [3.63, 3.8) is 0 Å². The molecule has 1 atom stereocenters. The van der Waals surface area contributed by atoms with Gasteiger partial charge >= 0.3 is 0 Å². The molecule has 0 aliphatic heterocycles. The molecule has 0 fully saturated rings. The van der Waals surface area contributed by atoms with Crippen LogP contribution in [-0.4, -0.2) is 7.11 Å². The third-order valence-electron chi connectivity index (χ3n) is 2.83. The molecule has 1 nitrogen and oxygen atoms in total. The Morgan fingerprint density at radius 1 is 1.16 bits per heavy atom. The summed E-state index contributed by atoms with van der Waals surface area (Å²) in [6, 6.07) is 10.7. The molecule has 0 heterocycles. The lowest BCUT2D eigenvalue weighted by molar-refractivity contribution is 0.386. The first-order chi connectivity index (χ1) is 9.01. The second kappa shape index (κ2) is 5.93. The van der Waals surface area contributed by atoms with Gasteiger partial charge in [-0.3, -0.25) is 0 Å². The second-order valence-corrected chi connectivity index (χ2v) is 5.67. The Balaban J connectivity index is 2.38. The first-order valence-electron chi connectivity index (χ1n) is 5.76. The van der Waals surface area contributed by atoms with E-state index >= 15 is 0 Å². The van der Waals surface area contributed by atoms with Crippen molar-refractivity contribution in [2.24, 2.45) is 0 Å². The maximum absolute atomic E-state index is 13.7. The first kappa shape index (κ1) is 14.4. The van der Waals surface area contributed by atoms with Gasteiger partial charge in [0.1, 0.15) is 0 Å². The molecule has 0 saturated carbocycles. The van der Waals surface area contributed by atoms with Gasteiger partial charge in [0, 0.05) is 5.02 Å². The summed E-state index contributed by atoms with van der Waals surface area (Å²) in [4.78, 5) is -0.106. The smallest absolute Gasteiger partial charge is 0.165 e. The average Bonchev–Trinajstić information content (AvgIpc) is 2.36. The molecule has 0 N–H and O–H groups in total. The van der Waals surface area contributed by atoms with E-state index < -0.39 is 0 Å². The number of methoxy groups -OCH3 is 1. The molecule has 0 radical (unpaired) electrons. The SMILES string of the molecule is COc1ccc(C(Br)c2cc(C)cc(Cl)c2)cc1F. The topological polar surface area (TPSA) is 9.23 Å². The van der Waals surface area contributed by atoms with Gasteiger partial charge in [-0.1, -0.05) is 39.7 Å². The van der Waals surface area contributed by atoms with Gasteiger partial charge in [-0.15, -0.1) is 0 Å². The molecule has 0 spiro atoms. The van der Waals surface area contributed by atoms with Crippen molar-refractivity contribution >= 4 is 27.5 Å². The largest absolute Gasteiger partial charge is 0.494 e. The third kappa shape index (κ3) is 3.28. The highest BCUT2D eigenvalue weighted by molar-refractivity contribution is 9.09. The predicted molar refractivity (Wildman–Crippen MR) is 79.9 cm³/mol. The van der Waals surface area contributed by atoms with Gasteiger partial charge in [0.05, 0.1) is 11.9 Å². The standard InChI is InChI=1S/C15H13BrClFO/c1-9-5-11(7-12(17)6-9)15(16)10-3-4-14(19-2)13(18)8-10/h3-8,15H,1-2H3. The number of hydrogen-bond donors (Lipinski definition) is 0. The fraction of sp³-hybridized carbons (Fsp3) is 0.200. The summed E-state index contributed by atoms with van der Waals surface area (Å²) in [7, 11) is 1.45. The fourth-order valence-corrected chi connectivity index (χ4v) is 2.79. The van der Waals surface area contributed by atoms with Crippen molar-refractivity contribution in [2.45, 2.75) is 11.8 Å². The molecule has 0 aromatic heterocycles. The van der Waals surface area contributed by atoms with Gasteiger partial charge in [0.15, 0.2) is 11.6 Å². The van der Waals surface area contributed by atoms with E-state index in [0.717, 1.165) is 16.7 Å². The Bertz CT molecular complexity index is 580. The zero-order valence-electron chi connectivity index (χ0n) is 10.6. The normalized spacial score (nSPS) is 12.3. The summed E-state index contributed by atoms with van der Waals surface area (Å²) in [5.41, 5.74) is 2.88. The van der Waals surface area contributed by atoms with E-state index in [1.165, 1.54) is 13.2 Å². The van der Waals surface area contributed by atoms with Crippen LogP contribution in [0, 0.1) is 12.7 Å². The Hall–Kier alpha value is -1.06. The van der Waals surface area contributed by atoms with Gasteiger partial charge in [0.25, 0.3) is 0 Å². The van der Waals surface area contributed by atoms with Gasteiger partial charge < -0.3 is 4.74 Å². The second-order valence-electron chi connectivity index (χ2n) is 4.32. The molecule has 100 valence electrons. The lowest BCUT2D eigenvalue weighted by Gasteiger charge is -2.13. The predicted octanol–water partition coefficient (Wildman–Crippen LogP) is 5.28. The van der Waals surface area contributed by atoms with E-state index in [1.54, 1.807) is 6.07 Å². The van der Waals surface area contributed by atoms with Gasteiger partial charge in [-0.2, -0.15) is 0 Å². The van der Waals surface area contributed by atoms with Gasteiger partial charge in [-0.05, 0) is 47.9 Å². The summed E-state index contributed by atoms with van der Waals surface area (Å²) in [6.07, 6.45) is 0. The van der Waals surface area contributed by atoms with Crippen molar-refractivity contribution < 1.29 is 9.13 Å². The fourth-order valence-electron chi connectivity index (χ4n) is 1.94. The summed E-state index contributed by atoms with van der Waals surface area (Å²) >= 11 is 9.62. The minimum atomic E-state index is -0.372. The highest BCUT2D eigenvalue weighted by atomic mass is 79.9. The van der Waals surface area contributed by atoms with Crippen LogP contribution in [0.15, 0.2) is 36.4 Å². The number of halogens is 3. The zero-order valence-corrected chi connectivity index (χ0v) is 12.9. The number of ether oxygens (including phenoxy) is 1. The molecule has 2 aromatic rings. The maximum atomic E-state index is 13.7. The van der Waals surface area contributed by atoms with E-state index in [0.29, 0.717) is 5.02 Å². The molecule has 2 aromatic carbocycles. The molecule has 0 aliphatic carbocycles. The zero-order chi connectivity index (χ0) is 14.0. The summed E-state index contributed by atoms with van der Waals surface area (Å²) in [5.74, 6) is -0.131. The van der Waals surface area contributed by atoms with Crippen LogP contribution < -0.4 is 4.74 Å². The van der Waals surface area contributed by atoms with Crippen molar-refractivity contribution in [3.8, 4) is 5.75 Å². The van der Waals surface area contributed by atoms with Crippen LogP contribution in [0.2, 0.25) is 5.02 Å². The highest BCUT2D eigenvalue weighted by Crippen LogP contribution is 2.34. The lowest BCUT2D eigenvalue weighted by atomic mass is 10.0. The van der Waals surface area contributed by atoms with Gasteiger partial charge in [-0.25, -0.2) is 4.39 Å². The average molecular weight is 344 g/mol. The Morgan fingerprint density at radius 2 is 1.89 bits per heavy atom. The number of rotatable bonds is 3. The Kier molecular flexibility index (Phi) is 4.48. The van der Waals surface area contributed by atoms with E-state index in [-0.39, 0.29) is 16.4 Å². The molecular weight excluding hydrogens is 331 g/mol. The molecule has 19 heavy (non-hydrogen) atoms. The van der Waals surface area contributed by atoms with Crippen LogP contribution in [0.3, 0.4) is 0 Å². The van der Waals surface area contributed by atoms with Crippen LogP contribution in [0.25, 0.3) is 0 Å². The number of aryl methyl sites for hydroxylation is 1. The third-order valence-corrected chi connectivity index (χ3v) is 4.10.